The Morgan fingerprint density at radius 3 is 2.27 bits per heavy atom. The van der Waals surface area contributed by atoms with Gasteiger partial charge in [-0.15, -0.1) is 0 Å². The summed E-state index contributed by atoms with van der Waals surface area (Å²) in [6.07, 6.45) is 5.23. The Morgan fingerprint density at radius 1 is 1.00 bits per heavy atom. The number of hydrogen-bond donors (Lipinski definition) is 0. The summed E-state index contributed by atoms with van der Waals surface area (Å²) >= 11 is 0. The van der Waals surface area contributed by atoms with Crippen molar-refractivity contribution in [2.45, 2.75) is 40.5 Å². The van der Waals surface area contributed by atoms with E-state index in [1.165, 1.54) is 12.8 Å². The van der Waals surface area contributed by atoms with Crippen LogP contribution in [0.5, 0.6) is 0 Å². The van der Waals surface area contributed by atoms with E-state index in [-0.39, 0.29) is 0 Å². The van der Waals surface area contributed by atoms with Crippen LogP contribution in [0.1, 0.15) is 40.5 Å². The minimum atomic E-state index is 0.829. The zero-order valence-corrected chi connectivity index (χ0v) is 8.30. The molecule has 0 aliphatic heterocycles. The first-order chi connectivity index (χ1) is 5.13. The molecule has 0 aromatic heterocycles. The number of hydrogen-bond acceptors (Lipinski definition) is 0. The average molecular weight is 153 g/mol. The molecule has 0 saturated heterocycles. The van der Waals surface area contributed by atoms with Crippen molar-refractivity contribution >= 4 is 0 Å². The first-order valence-corrected chi connectivity index (χ1v) is 4.96. The van der Waals surface area contributed by atoms with Gasteiger partial charge in [-0.05, 0) is 36.5 Å². The van der Waals surface area contributed by atoms with Crippen LogP contribution in [0.25, 0.3) is 0 Å². The summed E-state index contributed by atoms with van der Waals surface area (Å²) in [7, 11) is 0. The fourth-order valence-electron chi connectivity index (χ4n) is 2.10. The summed E-state index contributed by atoms with van der Waals surface area (Å²) < 4.78 is 0. The van der Waals surface area contributed by atoms with Crippen molar-refractivity contribution in [1.82, 2.24) is 0 Å². The minimum absolute atomic E-state index is 0.829. The topological polar surface area (TPSA) is 0 Å². The van der Waals surface area contributed by atoms with Gasteiger partial charge in [0.25, 0.3) is 0 Å². The van der Waals surface area contributed by atoms with Crippen LogP contribution in [0.3, 0.4) is 0 Å². The lowest BCUT2D eigenvalue weighted by Gasteiger charge is -2.26. The molecule has 0 nitrogen and oxygen atoms in total. The van der Waals surface area contributed by atoms with E-state index in [1.54, 1.807) is 0 Å². The molecule has 0 amide bonds. The maximum atomic E-state index is 2.50. The zero-order chi connectivity index (χ0) is 8.43. The Labute approximate surface area is 71.4 Å². The summed E-state index contributed by atoms with van der Waals surface area (Å²) in [6, 6.07) is 0. The predicted octanol–water partition coefficient (Wildman–Crippen LogP) is 3.53. The SMILES string of the molecule is CC1[CH]CCC(C)C(C)C1C. The highest BCUT2D eigenvalue weighted by Crippen LogP contribution is 2.35. The molecule has 0 heterocycles. The van der Waals surface area contributed by atoms with E-state index in [0.29, 0.717) is 0 Å². The van der Waals surface area contributed by atoms with Crippen LogP contribution >= 0.6 is 0 Å². The molecule has 4 atom stereocenters. The quantitative estimate of drug-likeness (QED) is 0.467. The maximum Gasteiger partial charge on any atom is -0.0355 e. The van der Waals surface area contributed by atoms with Gasteiger partial charge in [0.2, 0.25) is 0 Å². The standard InChI is InChI=1S/C11H21/c1-8-6-5-7-9(2)11(4)10(8)3/h6,8-11H,5,7H2,1-4H3. The van der Waals surface area contributed by atoms with E-state index < -0.39 is 0 Å². The van der Waals surface area contributed by atoms with Gasteiger partial charge in [-0.2, -0.15) is 0 Å². The van der Waals surface area contributed by atoms with Crippen molar-refractivity contribution in [2.75, 3.05) is 0 Å². The first kappa shape index (κ1) is 9.09. The third-order valence-corrected chi connectivity index (χ3v) is 3.72. The molecular weight excluding hydrogens is 132 g/mol. The van der Waals surface area contributed by atoms with Gasteiger partial charge >= 0.3 is 0 Å². The highest BCUT2D eigenvalue weighted by Gasteiger charge is 2.26. The monoisotopic (exact) mass is 153 g/mol. The zero-order valence-electron chi connectivity index (χ0n) is 8.30. The summed E-state index contributed by atoms with van der Waals surface area (Å²) in [4.78, 5) is 0. The molecule has 11 heavy (non-hydrogen) atoms. The molecule has 0 bridgehead atoms. The van der Waals surface area contributed by atoms with Crippen molar-refractivity contribution in [2.24, 2.45) is 23.7 Å². The molecule has 65 valence electrons. The van der Waals surface area contributed by atoms with Crippen molar-refractivity contribution in [3.8, 4) is 0 Å². The van der Waals surface area contributed by atoms with E-state index in [1.807, 2.05) is 0 Å². The Kier molecular flexibility index (Phi) is 2.98. The molecule has 0 aromatic carbocycles. The van der Waals surface area contributed by atoms with E-state index in [9.17, 15) is 0 Å². The van der Waals surface area contributed by atoms with E-state index in [0.717, 1.165) is 23.7 Å². The largest absolute Gasteiger partial charge is 0.0622 e. The predicted molar refractivity (Wildman–Crippen MR) is 50.2 cm³/mol. The number of rotatable bonds is 0. The first-order valence-electron chi connectivity index (χ1n) is 4.96. The lowest BCUT2D eigenvalue weighted by Crippen LogP contribution is -2.18. The second kappa shape index (κ2) is 3.60. The van der Waals surface area contributed by atoms with Crippen LogP contribution in [0.2, 0.25) is 0 Å². The molecular formula is C11H21. The molecule has 0 spiro atoms. The maximum absolute atomic E-state index is 2.50. The van der Waals surface area contributed by atoms with Crippen molar-refractivity contribution in [1.29, 1.82) is 0 Å². The molecule has 0 heteroatoms. The van der Waals surface area contributed by atoms with Gasteiger partial charge in [-0.1, -0.05) is 34.1 Å². The Hall–Kier alpha value is 0. The normalized spacial score (nSPS) is 46.9. The van der Waals surface area contributed by atoms with Crippen LogP contribution in [0.4, 0.5) is 0 Å². The van der Waals surface area contributed by atoms with Gasteiger partial charge in [0.15, 0.2) is 0 Å². The van der Waals surface area contributed by atoms with Gasteiger partial charge < -0.3 is 0 Å². The fourth-order valence-corrected chi connectivity index (χ4v) is 2.10. The van der Waals surface area contributed by atoms with Crippen LogP contribution < -0.4 is 0 Å². The lowest BCUT2D eigenvalue weighted by molar-refractivity contribution is 0.247. The van der Waals surface area contributed by atoms with E-state index in [4.69, 9.17) is 0 Å². The van der Waals surface area contributed by atoms with Gasteiger partial charge in [-0.3, -0.25) is 0 Å². The average Bonchev–Trinajstić information content (AvgIpc) is 2.07. The molecule has 1 fully saturated rings. The molecule has 1 radical (unpaired) electrons. The summed E-state index contributed by atoms with van der Waals surface area (Å²) in [6.45, 7) is 9.56. The van der Waals surface area contributed by atoms with Crippen molar-refractivity contribution in [3.05, 3.63) is 6.42 Å². The van der Waals surface area contributed by atoms with Crippen LogP contribution in [-0.4, -0.2) is 0 Å². The Bertz CT molecular complexity index is 103. The van der Waals surface area contributed by atoms with Gasteiger partial charge in [0.05, 0.1) is 0 Å². The third kappa shape index (κ3) is 1.98. The van der Waals surface area contributed by atoms with Gasteiger partial charge in [0, 0.05) is 0 Å². The van der Waals surface area contributed by atoms with Gasteiger partial charge in [-0.25, -0.2) is 0 Å². The van der Waals surface area contributed by atoms with E-state index in [2.05, 4.69) is 34.1 Å². The summed E-state index contributed by atoms with van der Waals surface area (Å²) in [5.41, 5.74) is 0. The molecule has 1 aliphatic carbocycles. The molecule has 0 aromatic rings. The van der Waals surface area contributed by atoms with E-state index >= 15 is 0 Å². The molecule has 0 N–H and O–H groups in total. The molecule has 1 rings (SSSR count). The molecule has 4 unspecified atom stereocenters. The third-order valence-electron chi connectivity index (χ3n) is 3.72. The van der Waals surface area contributed by atoms with Crippen molar-refractivity contribution < 1.29 is 0 Å². The van der Waals surface area contributed by atoms with Crippen molar-refractivity contribution in [3.63, 3.8) is 0 Å². The Morgan fingerprint density at radius 2 is 1.64 bits per heavy atom. The Balaban J connectivity index is 2.58. The lowest BCUT2D eigenvalue weighted by atomic mass is 9.80. The summed E-state index contributed by atoms with van der Waals surface area (Å²) in [5, 5.41) is 0. The highest BCUT2D eigenvalue weighted by molar-refractivity contribution is 4.85. The smallest absolute Gasteiger partial charge is 0.0355 e. The minimum Gasteiger partial charge on any atom is -0.0622 e. The summed E-state index contributed by atoms with van der Waals surface area (Å²) in [5.74, 6) is 3.54. The van der Waals surface area contributed by atoms with Gasteiger partial charge in [0.1, 0.15) is 0 Å². The van der Waals surface area contributed by atoms with Crippen LogP contribution in [0.15, 0.2) is 0 Å². The van der Waals surface area contributed by atoms with Crippen LogP contribution in [0, 0.1) is 30.1 Å². The molecule has 1 aliphatic rings. The van der Waals surface area contributed by atoms with Crippen LogP contribution in [-0.2, 0) is 0 Å². The second-order valence-electron chi connectivity index (χ2n) is 4.37. The molecule has 1 saturated carbocycles. The second-order valence-corrected chi connectivity index (χ2v) is 4.37. The highest BCUT2D eigenvalue weighted by atomic mass is 14.3. The fraction of sp³-hybridized carbons (Fsp3) is 0.909.